The van der Waals surface area contributed by atoms with Crippen LogP contribution in [0, 0.1) is 11.3 Å². The van der Waals surface area contributed by atoms with Gasteiger partial charge in [0.25, 0.3) is 11.8 Å². The van der Waals surface area contributed by atoms with Crippen molar-refractivity contribution < 1.29 is 19.1 Å². The van der Waals surface area contributed by atoms with Crippen LogP contribution in [0.15, 0.2) is 66.8 Å². The fourth-order valence-electron chi connectivity index (χ4n) is 2.33. The zero-order valence-corrected chi connectivity index (χ0v) is 16.0. The molecule has 0 aliphatic heterocycles. The van der Waals surface area contributed by atoms with Crippen molar-refractivity contribution in [3.8, 4) is 17.6 Å². The van der Waals surface area contributed by atoms with E-state index in [0.29, 0.717) is 22.7 Å². The number of nitriles is 1. The van der Waals surface area contributed by atoms with Gasteiger partial charge >= 0.3 is 0 Å². The molecule has 0 atom stereocenters. The highest BCUT2D eigenvalue weighted by Crippen LogP contribution is 2.29. The molecule has 2 aromatic carbocycles. The molecule has 2 aromatic rings. The minimum Gasteiger partial charge on any atom is -0.493 e. The van der Waals surface area contributed by atoms with Gasteiger partial charge in [-0.2, -0.15) is 5.26 Å². The highest BCUT2D eigenvalue weighted by molar-refractivity contribution is 6.01. The van der Waals surface area contributed by atoms with Gasteiger partial charge in [0.05, 0.1) is 7.11 Å². The average molecular weight is 391 g/mol. The Hall–Kier alpha value is -4.05. The molecule has 0 fully saturated rings. The average Bonchev–Trinajstić information content (AvgIpc) is 2.75. The first-order chi connectivity index (χ1) is 14.1. The van der Waals surface area contributed by atoms with E-state index in [4.69, 9.17) is 9.47 Å². The van der Waals surface area contributed by atoms with Crippen LogP contribution in [0.4, 0.5) is 5.69 Å². The highest BCUT2D eigenvalue weighted by atomic mass is 16.5. The molecular formula is C22H21N3O4. The smallest absolute Gasteiger partial charge is 0.262 e. The summed E-state index contributed by atoms with van der Waals surface area (Å²) in [4.78, 5) is 24.0. The number of nitrogens with one attached hydrogen (secondary N) is 2. The van der Waals surface area contributed by atoms with Crippen LogP contribution in [0.25, 0.3) is 6.08 Å². The highest BCUT2D eigenvalue weighted by Gasteiger charge is 2.11. The van der Waals surface area contributed by atoms with Crippen molar-refractivity contribution >= 4 is 23.6 Å². The second-order valence-electron chi connectivity index (χ2n) is 5.78. The SMILES string of the molecule is C=CCNC(=O)/C(C#N)=C/c1ccc(OCC(=O)Nc2ccccc2)c(OC)c1. The Bertz CT molecular complexity index is 946. The first-order valence-corrected chi connectivity index (χ1v) is 8.74. The number of rotatable bonds is 9. The van der Waals surface area contributed by atoms with E-state index in [1.165, 1.54) is 19.3 Å². The van der Waals surface area contributed by atoms with E-state index >= 15 is 0 Å². The summed E-state index contributed by atoms with van der Waals surface area (Å²) in [6, 6.07) is 15.8. The number of para-hydroxylation sites is 1. The number of carbonyl (C=O) groups is 2. The van der Waals surface area contributed by atoms with Gasteiger partial charge in [-0.15, -0.1) is 6.58 Å². The van der Waals surface area contributed by atoms with Crippen LogP contribution in [-0.4, -0.2) is 32.1 Å². The molecule has 29 heavy (non-hydrogen) atoms. The molecule has 0 bridgehead atoms. The monoisotopic (exact) mass is 391 g/mol. The van der Waals surface area contributed by atoms with Gasteiger partial charge in [-0.1, -0.05) is 30.3 Å². The number of anilines is 1. The summed E-state index contributed by atoms with van der Waals surface area (Å²) in [5.41, 5.74) is 1.20. The molecule has 0 aliphatic carbocycles. The molecule has 0 saturated heterocycles. The Morgan fingerprint density at radius 2 is 1.93 bits per heavy atom. The maximum absolute atomic E-state index is 12.0. The van der Waals surface area contributed by atoms with E-state index < -0.39 is 5.91 Å². The van der Waals surface area contributed by atoms with Gasteiger partial charge in [-0.05, 0) is 35.9 Å². The topological polar surface area (TPSA) is 100 Å². The molecule has 2 rings (SSSR count). The standard InChI is InChI=1S/C22H21N3O4/c1-3-11-24-22(27)17(14-23)12-16-9-10-19(20(13-16)28-2)29-15-21(26)25-18-7-5-4-6-8-18/h3-10,12-13H,1,11,15H2,2H3,(H,24,27)(H,25,26)/b17-12+. The molecule has 0 heterocycles. The molecule has 0 aromatic heterocycles. The quantitative estimate of drug-likeness (QED) is 0.389. The summed E-state index contributed by atoms with van der Waals surface area (Å²) in [7, 11) is 1.46. The third kappa shape index (κ3) is 6.56. The van der Waals surface area contributed by atoms with Crippen LogP contribution in [-0.2, 0) is 9.59 Å². The number of nitrogens with zero attached hydrogens (tertiary/aromatic N) is 1. The first kappa shape index (κ1) is 21.3. The van der Waals surface area contributed by atoms with Crippen LogP contribution in [0.3, 0.4) is 0 Å². The van der Waals surface area contributed by atoms with Crippen LogP contribution in [0.2, 0.25) is 0 Å². The minimum atomic E-state index is -0.496. The number of hydrogen-bond acceptors (Lipinski definition) is 5. The van der Waals surface area contributed by atoms with Gasteiger partial charge in [-0.3, -0.25) is 9.59 Å². The van der Waals surface area contributed by atoms with Gasteiger partial charge in [0.1, 0.15) is 11.6 Å². The molecular weight excluding hydrogens is 370 g/mol. The van der Waals surface area contributed by atoms with Crippen molar-refractivity contribution in [2.24, 2.45) is 0 Å². The number of methoxy groups -OCH3 is 1. The Labute approximate surface area is 169 Å². The van der Waals surface area contributed by atoms with Crippen molar-refractivity contribution in [1.29, 1.82) is 5.26 Å². The van der Waals surface area contributed by atoms with Crippen LogP contribution < -0.4 is 20.1 Å². The lowest BCUT2D eigenvalue weighted by Gasteiger charge is -2.12. The maximum atomic E-state index is 12.0. The third-order valence-corrected chi connectivity index (χ3v) is 3.69. The van der Waals surface area contributed by atoms with Crippen LogP contribution in [0.5, 0.6) is 11.5 Å². The van der Waals surface area contributed by atoms with Crippen molar-refractivity contribution in [2.45, 2.75) is 0 Å². The van der Waals surface area contributed by atoms with E-state index in [1.807, 2.05) is 24.3 Å². The van der Waals surface area contributed by atoms with Crippen molar-refractivity contribution in [3.05, 3.63) is 72.3 Å². The normalized spacial score (nSPS) is 10.4. The van der Waals surface area contributed by atoms with Crippen molar-refractivity contribution in [3.63, 3.8) is 0 Å². The van der Waals surface area contributed by atoms with Crippen molar-refractivity contribution in [2.75, 3.05) is 25.6 Å². The number of carbonyl (C=O) groups excluding carboxylic acids is 2. The lowest BCUT2D eigenvalue weighted by atomic mass is 10.1. The lowest BCUT2D eigenvalue weighted by molar-refractivity contribution is -0.118. The van der Waals surface area contributed by atoms with Crippen LogP contribution >= 0.6 is 0 Å². The van der Waals surface area contributed by atoms with E-state index in [0.717, 1.165) is 0 Å². The molecule has 0 unspecified atom stereocenters. The van der Waals surface area contributed by atoms with E-state index in [9.17, 15) is 14.9 Å². The maximum Gasteiger partial charge on any atom is 0.262 e. The second-order valence-corrected chi connectivity index (χ2v) is 5.78. The number of hydrogen-bond donors (Lipinski definition) is 2. The summed E-state index contributed by atoms with van der Waals surface area (Å²) < 4.78 is 10.8. The molecule has 7 heteroatoms. The summed E-state index contributed by atoms with van der Waals surface area (Å²) in [5.74, 6) is -0.0744. The minimum absolute atomic E-state index is 0.0511. The molecule has 0 aliphatic rings. The number of amides is 2. The van der Waals surface area contributed by atoms with Gasteiger partial charge in [-0.25, -0.2) is 0 Å². The predicted octanol–water partition coefficient (Wildman–Crippen LogP) is 2.92. The molecule has 7 nitrogen and oxygen atoms in total. The summed E-state index contributed by atoms with van der Waals surface area (Å²) in [5, 5.41) is 14.5. The fourth-order valence-corrected chi connectivity index (χ4v) is 2.33. The largest absolute Gasteiger partial charge is 0.493 e. The Kier molecular flexibility index (Phi) is 8.02. The van der Waals surface area contributed by atoms with Gasteiger partial charge in [0.2, 0.25) is 0 Å². The fraction of sp³-hybridized carbons (Fsp3) is 0.136. The van der Waals surface area contributed by atoms with E-state index in [1.54, 1.807) is 30.3 Å². The zero-order valence-electron chi connectivity index (χ0n) is 16.0. The molecule has 0 spiro atoms. The Morgan fingerprint density at radius 3 is 2.59 bits per heavy atom. The molecule has 2 N–H and O–H groups in total. The van der Waals surface area contributed by atoms with Crippen LogP contribution in [0.1, 0.15) is 5.56 Å². The Morgan fingerprint density at radius 1 is 1.17 bits per heavy atom. The molecule has 148 valence electrons. The third-order valence-electron chi connectivity index (χ3n) is 3.69. The van der Waals surface area contributed by atoms with E-state index in [2.05, 4.69) is 17.2 Å². The Balaban J connectivity index is 2.07. The summed E-state index contributed by atoms with van der Waals surface area (Å²) >= 11 is 0. The zero-order chi connectivity index (χ0) is 21.1. The second kappa shape index (κ2) is 10.9. The summed E-state index contributed by atoms with van der Waals surface area (Å²) in [6.07, 6.45) is 2.96. The number of benzene rings is 2. The van der Waals surface area contributed by atoms with Crippen molar-refractivity contribution in [1.82, 2.24) is 5.32 Å². The molecule has 0 radical (unpaired) electrons. The summed E-state index contributed by atoms with van der Waals surface area (Å²) in [6.45, 7) is 3.57. The molecule has 2 amide bonds. The van der Waals surface area contributed by atoms with E-state index in [-0.39, 0.29) is 24.6 Å². The van der Waals surface area contributed by atoms with Gasteiger partial charge < -0.3 is 20.1 Å². The first-order valence-electron chi connectivity index (χ1n) is 8.74. The molecule has 0 saturated carbocycles. The predicted molar refractivity (Wildman–Crippen MR) is 110 cm³/mol. The lowest BCUT2D eigenvalue weighted by Crippen LogP contribution is -2.24. The van der Waals surface area contributed by atoms with Gasteiger partial charge in [0.15, 0.2) is 18.1 Å². The van der Waals surface area contributed by atoms with Gasteiger partial charge in [0, 0.05) is 12.2 Å². The number of ether oxygens (including phenoxy) is 2.